The molecule has 0 spiro atoms. The minimum Gasteiger partial charge on any atom is -0.271 e. The topological polar surface area (TPSA) is 38.0 Å². The molecule has 2 nitrogen and oxygen atoms in total. The van der Waals surface area contributed by atoms with Gasteiger partial charge in [-0.25, -0.2) is 0 Å². The fourth-order valence-electron chi connectivity index (χ4n) is 1.27. The summed E-state index contributed by atoms with van der Waals surface area (Å²) in [5.41, 5.74) is 4.23. The molecule has 0 radical (unpaired) electrons. The zero-order valence-electron chi connectivity index (χ0n) is 8.91. The number of aryl methyl sites for hydroxylation is 1. The van der Waals surface area contributed by atoms with Crippen LogP contribution in [0, 0.1) is 6.92 Å². The zero-order valence-corrected chi connectivity index (χ0v) is 10.5. The van der Waals surface area contributed by atoms with Crippen LogP contribution >= 0.6 is 23.1 Å². The third-order valence-electron chi connectivity index (χ3n) is 2.07. The predicted octanol–water partition coefficient (Wildman–Crippen LogP) is 2.70. The van der Waals surface area contributed by atoms with Crippen LogP contribution in [0.2, 0.25) is 0 Å². The molecular formula is C10H18N2S2. The minimum absolute atomic E-state index is 0.286. The van der Waals surface area contributed by atoms with Gasteiger partial charge in [0.05, 0.1) is 6.04 Å². The summed E-state index contributed by atoms with van der Waals surface area (Å²) < 4.78 is 0. The number of hydrogen-bond donors (Lipinski definition) is 2. The van der Waals surface area contributed by atoms with E-state index in [0.29, 0.717) is 5.25 Å². The van der Waals surface area contributed by atoms with Crippen LogP contribution in [0.4, 0.5) is 0 Å². The van der Waals surface area contributed by atoms with Crippen molar-refractivity contribution >= 4 is 23.1 Å². The second kappa shape index (κ2) is 5.75. The standard InChI is InChI=1S/C10H18N2S2/c1-7(2)14-6-10(12-11)9-4-5-13-8(9)3/h4-5,7,10,12H,6,11H2,1-3H3. The lowest BCUT2D eigenvalue weighted by Crippen LogP contribution is -2.30. The molecule has 1 aromatic heterocycles. The number of rotatable bonds is 5. The van der Waals surface area contributed by atoms with Gasteiger partial charge in [0.25, 0.3) is 0 Å². The molecule has 0 amide bonds. The Morgan fingerprint density at radius 2 is 2.29 bits per heavy atom. The van der Waals surface area contributed by atoms with Crippen molar-refractivity contribution < 1.29 is 0 Å². The molecule has 0 aliphatic heterocycles. The summed E-state index contributed by atoms with van der Waals surface area (Å²) in [5, 5.41) is 2.78. The first-order valence-electron chi connectivity index (χ1n) is 4.77. The molecule has 0 fully saturated rings. The lowest BCUT2D eigenvalue weighted by molar-refractivity contribution is 0.609. The Labute approximate surface area is 94.2 Å². The Morgan fingerprint density at radius 3 is 2.71 bits per heavy atom. The zero-order chi connectivity index (χ0) is 10.6. The van der Waals surface area contributed by atoms with E-state index in [4.69, 9.17) is 5.84 Å². The summed E-state index contributed by atoms with van der Waals surface area (Å²) in [7, 11) is 0. The molecule has 0 saturated carbocycles. The van der Waals surface area contributed by atoms with Crippen molar-refractivity contribution in [2.75, 3.05) is 5.75 Å². The maximum Gasteiger partial charge on any atom is 0.0561 e. The highest BCUT2D eigenvalue weighted by molar-refractivity contribution is 7.99. The normalized spacial score (nSPS) is 13.5. The van der Waals surface area contributed by atoms with Crippen molar-refractivity contribution in [3.05, 3.63) is 21.9 Å². The molecule has 1 unspecified atom stereocenters. The van der Waals surface area contributed by atoms with Gasteiger partial charge in [-0.3, -0.25) is 11.3 Å². The van der Waals surface area contributed by atoms with Crippen LogP contribution < -0.4 is 11.3 Å². The van der Waals surface area contributed by atoms with Gasteiger partial charge >= 0.3 is 0 Å². The molecule has 4 heteroatoms. The molecule has 0 aromatic carbocycles. The third kappa shape index (κ3) is 3.28. The molecule has 3 N–H and O–H groups in total. The van der Waals surface area contributed by atoms with Crippen LogP contribution in [-0.4, -0.2) is 11.0 Å². The first kappa shape index (κ1) is 12.0. The van der Waals surface area contributed by atoms with E-state index >= 15 is 0 Å². The van der Waals surface area contributed by atoms with Gasteiger partial charge in [0.2, 0.25) is 0 Å². The molecule has 1 rings (SSSR count). The maximum atomic E-state index is 5.56. The van der Waals surface area contributed by atoms with Crippen LogP contribution in [0.25, 0.3) is 0 Å². The van der Waals surface area contributed by atoms with Crippen LogP contribution in [0.15, 0.2) is 11.4 Å². The van der Waals surface area contributed by atoms with Gasteiger partial charge in [0.1, 0.15) is 0 Å². The number of hydrogen-bond acceptors (Lipinski definition) is 4. The SMILES string of the molecule is Cc1sccc1C(CSC(C)C)NN. The first-order valence-corrected chi connectivity index (χ1v) is 6.69. The Hall–Kier alpha value is -0.0300. The molecule has 0 bridgehead atoms. The number of thioether (sulfide) groups is 1. The van der Waals surface area contributed by atoms with E-state index < -0.39 is 0 Å². The highest BCUT2D eigenvalue weighted by Crippen LogP contribution is 2.26. The van der Waals surface area contributed by atoms with Crippen LogP contribution in [0.3, 0.4) is 0 Å². The number of hydrazine groups is 1. The van der Waals surface area contributed by atoms with E-state index in [1.165, 1.54) is 10.4 Å². The molecule has 14 heavy (non-hydrogen) atoms. The molecular weight excluding hydrogens is 212 g/mol. The summed E-state index contributed by atoms with van der Waals surface area (Å²) in [6, 6.07) is 2.44. The van der Waals surface area contributed by atoms with Crippen molar-refractivity contribution in [2.45, 2.75) is 32.1 Å². The molecule has 1 aromatic rings. The predicted molar refractivity (Wildman–Crippen MR) is 66.7 cm³/mol. The van der Waals surface area contributed by atoms with Gasteiger partial charge < -0.3 is 0 Å². The van der Waals surface area contributed by atoms with E-state index in [0.717, 1.165) is 5.75 Å². The highest BCUT2D eigenvalue weighted by Gasteiger charge is 2.13. The molecule has 80 valence electrons. The Bertz CT molecular complexity index is 271. The smallest absolute Gasteiger partial charge is 0.0561 e. The third-order valence-corrected chi connectivity index (χ3v) is 4.13. The van der Waals surface area contributed by atoms with E-state index in [1.807, 2.05) is 11.8 Å². The van der Waals surface area contributed by atoms with E-state index in [9.17, 15) is 0 Å². The van der Waals surface area contributed by atoms with Crippen LogP contribution in [0.1, 0.15) is 30.3 Å². The lowest BCUT2D eigenvalue weighted by atomic mass is 10.1. The summed E-state index contributed by atoms with van der Waals surface area (Å²) in [4.78, 5) is 1.36. The summed E-state index contributed by atoms with van der Waals surface area (Å²) in [5.74, 6) is 6.59. The summed E-state index contributed by atoms with van der Waals surface area (Å²) >= 11 is 3.71. The van der Waals surface area contributed by atoms with Gasteiger partial charge in [-0.2, -0.15) is 11.8 Å². The minimum atomic E-state index is 0.286. The fraction of sp³-hybridized carbons (Fsp3) is 0.600. The van der Waals surface area contributed by atoms with Crippen molar-refractivity contribution in [1.29, 1.82) is 0 Å². The van der Waals surface area contributed by atoms with Crippen molar-refractivity contribution in [1.82, 2.24) is 5.43 Å². The van der Waals surface area contributed by atoms with E-state index in [2.05, 4.69) is 37.6 Å². The van der Waals surface area contributed by atoms with Crippen molar-refractivity contribution in [3.8, 4) is 0 Å². The Kier molecular flexibility index (Phi) is 4.95. The van der Waals surface area contributed by atoms with Crippen molar-refractivity contribution in [3.63, 3.8) is 0 Å². The van der Waals surface area contributed by atoms with Crippen molar-refractivity contribution in [2.24, 2.45) is 5.84 Å². The fourth-order valence-corrected chi connectivity index (χ4v) is 2.89. The molecule has 0 saturated heterocycles. The molecule has 1 heterocycles. The average Bonchev–Trinajstić information content (AvgIpc) is 2.53. The molecule has 0 aliphatic carbocycles. The monoisotopic (exact) mass is 230 g/mol. The quantitative estimate of drug-likeness (QED) is 0.603. The Morgan fingerprint density at radius 1 is 1.57 bits per heavy atom. The number of nitrogens with two attached hydrogens (primary N) is 1. The Balaban J connectivity index is 2.58. The summed E-state index contributed by atoms with van der Waals surface area (Å²) in [6.45, 7) is 6.56. The average molecular weight is 230 g/mol. The maximum absolute atomic E-state index is 5.56. The van der Waals surface area contributed by atoms with Gasteiger partial charge in [-0.15, -0.1) is 11.3 Å². The first-order chi connectivity index (χ1) is 6.65. The summed E-state index contributed by atoms with van der Waals surface area (Å²) in [6.07, 6.45) is 0. The van der Waals surface area contributed by atoms with E-state index in [1.54, 1.807) is 11.3 Å². The number of thiophene rings is 1. The van der Waals surface area contributed by atoms with Gasteiger partial charge in [0, 0.05) is 10.6 Å². The van der Waals surface area contributed by atoms with Gasteiger partial charge in [0.15, 0.2) is 0 Å². The van der Waals surface area contributed by atoms with E-state index in [-0.39, 0.29) is 6.04 Å². The lowest BCUT2D eigenvalue weighted by Gasteiger charge is -2.16. The second-order valence-corrected chi connectivity index (χ2v) is 6.26. The molecule has 1 atom stereocenters. The highest BCUT2D eigenvalue weighted by atomic mass is 32.2. The van der Waals surface area contributed by atoms with Crippen LogP contribution in [0.5, 0.6) is 0 Å². The number of nitrogens with one attached hydrogen (secondary N) is 1. The van der Waals surface area contributed by atoms with Gasteiger partial charge in [-0.1, -0.05) is 13.8 Å². The molecule has 0 aliphatic rings. The second-order valence-electron chi connectivity index (χ2n) is 3.53. The van der Waals surface area contributed by atoms with Crippen LogP contribution in [-0.2, 0) is 0 Å². The van der Waals surface area contributed by atoms with Gasteiger partial charge in [-0.05, 0) is 29.2 Å². The largest absolute Gasteiger partial charge is 0.271 e.